The van der Waals surface area contributed by atoms with E-state index in [9.17, 15) is 0 Å². The lowest BCUT2D eigenvalue weighted by Crippen LogP contribution is -2.57. The third kappa shape index (κ3) is 3.20. The molecule has 1 aliphatic rings. The number of anilines is 1. The Balaban J connectivity index is 2.38. The molecule has 0 aromatic carbocycles. The first kappa shape index (κ1) is 16.2. The summed E-state index contributed by atoms with van der Waals surface area (Å²) in [4.78, 5) is 6.85. The van der Waals surface area contributed by atoms with Gasteiger partial charge in [-0.2, -0.15) is 0 Å². The van der Waals surface area contributed by atoms with Gasteiger partial charge in [0.05, 0.1) is 19.3 Å². The Bertz CT molecular complexity index is 473. The van der Waals surface area contributed by atoms with E-state index >= 15 is 0 Å². The molecule has 0 bridgehead atoms. The van der Waals surface area contributed by atoms with E-state index in [4.69, 9.17) is 10.5 Å². The van der Waals surface area contributed by atoms with Crippen LogP contribution in [0.1, 0.15) is 37.4 Å². The molecule has 1 saturated heterocycles. The highest BCUT2D eigenvalue weighted by Gasteiger charge is 2.40. The fourth-order valence-corrected chi connectivity index (χ4v) is 3.32. The molecule has 118 valence electrons. The van der Waals surface area contributed by atoms with E-state index in [1.807, 2.05) is 13.2 Å². The highest BCUT2D eigenvalue weighted by molar-refractivity contribution is 5.44. The van der Waals surface area contributed by atoms with Gasteiger partial charge in [-0.05, 0) is 38.9 Å². The minimum atomic E-state index is -0.0118. The second-order valence-corrected chi connectivity index (χ2v) is 6.02. The number of rotatable bonds is 5. The third-order valence-corrected chi connectivity index (χ3v) is 4.76. The molecule has 2 atom stereocenters. The Kier molecular flexibility index (Phi) is 5.19. The molecule has 5 heteroatoms. The smallest absolute Gasteiger partial charge is 0.128 e. The van der Waals surface area contributed by atoms with Gasteiger partial charge in [0.2, 0.25) is 0 Å². The van der Waals surface area contributed by atoms with E-state index in [0.29, 0.717) is 5.82 Å². The van der Waals surface area contributed by atoms with Crippen molar-refractivity contribution in [1.29, 1.82) is 0 Å². The molecule has 0 saturated carbocycles. The zero-order chi connectivity index (χ0) is 15.5. The summed E-state index contributed by atoms with van der Waals surface area (Å²) in [5.74, 6) is 0.618. The molecule has 2 unspecified atom stereocenters. The standard InChI is InChI=1S/C16H28N4O/c1-5-16(3,20-6-8-21-9-7-20)14(18-4)13-10-12(2)11-19-15(13)17/h10-11,14,18H,5-9H2,1-4H3,(H2,17,19). The molecule has 1 fully saturated rings. The normalized spacial score (nSPS) is 21.0. The Morgan fingerprint density at radius 2 is 2.14 bits per heavy atom. The molecular formula is C16H28N4O. The van der Waals surface area contributed by atoms with Gasteiger partial charge in [-0.3, -0.25) is 4.90 Å². The van der Waals surface area contributed by atoms with E-state index in [1.165, 1.54) is 0 Å². The van der Waals surface area contributed by atoms with Crippen LogP contribution in [0.15, 0.2) is 12.3 Å². The van der Waals surface area contributed by atoms with Gasteiger partial charge in [0.15, 0.2) is 0 Å². The van der Waals surface area contributed by atoms with Crippen molar-refractivity contribution in [3.8, 4) is 0 Å². The van der Waals surface area contributed by atoms with Crippen molar-refractivity contribution in [2.75, 3.05) is 39.1 Å². The van der Waals surface area contributed by atoms with Gasteiger partial charge in [-0.15, -0.1) is 0 Å². The van der Waals surface area contributed by atoms with Crippen LogP contribution in [0.4, 0.5) is 5.82 Å². The maximum atomic E-state index is 6.15. The fraction of sp³-hybridized carbons (Fsp3) is 0.688. The molecule has 1 aromatic rings. The van der Waals surface area contributed by atoms with Gasteiger partial charge in [-0.25, -0.2) is 4.98 Å². The molecule has 1 aromatic heterocycles. The van der Waals surface area contributed by atoms with Crippen LogP contribution in [0.3, 0.4) is 0 Å². The third-order valence-electron chi connectivity index (χ3n) is 4.76. The van der Waals surface area contributed by atoms with Crippen LogP contribution in [-0.4, -0.2) is 48.8 Å². The molecule has 3 N–H and O–H groups in total. The first-order valence-electron chi connectivity index (χ1n) is 7.75. The number of hydrogen-bond donors (Lipinski definition) is 2. The van der Waals surface area contributed by atoms with Crippen molar-refractivity contribution in [2.45, 2.75) is 38.8 Å². The van der Waals surface area contributed by atoms with Crippen LogP contribution in [-0.2, 0) is 4.74 Å². The quantitative estimate of drug-likeness (QED) is 0.865. The number of morpholine rings is 1. The second-order valence-electron chi connectivity index (χ2n) is 6.02. The summed E-state index contributed by atoms with van der Waals surface area (Å²) < 4.78 is 5.50. The summed E-state index contributed by atoms with van der Waals surface area (Å²) in [5, 5.41) is 3.47. The van der Waals surface area contributed by atoms with Gasteiger partial charge >= 0.3 is 0 Å². The number of pyridine rings is 1. The molecule has 5 nitrogen and oxygen atoms in total. The number of nitrogen functional groups attached to an aromatic ring is 1. The summed E-state index contributed by atoms with van der Waals surface area (Å²) in [6.07, 6.45) is 2.86. The molecule has 2 rings (SSSR count). The molecule has 21 heavy (non-hydrogen) atoms. The maximum absolute atomic E-state index is 6.15. The summed E-state index contributed by atoms with van der Waals surface area (Å²) in [5.41, 5.74) is 8.37. The van der Waals surface area contributed by atoms with E-state index in [2.05, 4.69) is 42.0 Å². The molecule has 1 aliphatic heterocycles. The van der Waals surface area contributed by atoms with Crippen molar-refractivity contribution in [1.82, 2.24) is 15.2 Å². The van der Waals surface area contributed by atoms with Gasteiger partial charge in [0, 0.05) is 30.4 Å². The highest BCUT2D eigenvalue weighted by atomic mass is 16.5. The Hall–Kier alpha value is -1.17. The topological polar surface area (TPSA) is 63.4 Å². The number of aryl methyl sites for hydroxylation is 1. The number of nitrogens with two attached hydrogens (primary N) is 1. The average molecular weight is 292 g/mol. The molecule has 0 radical (unpaired) electrons. The fourth-order valence-electron chi connectivity index (χ4n) is 3.32. The van der Waals surface area contributed by atoms with Crippen LogP contribution in [0.25, 0.3) is 0 Å². The summed E-state index contributed by atoms with van der Waals surface area (Å²) in [6.45, 7) is 10.1. The summed E-state index contributed by atoms with van der Waals surface area (Å²) >= 11 is 0. The zero-order valence-electron chi connectivity index (χ0n) is 13.6. The predicted octanol–water partition coefficient (Wildman–Crippen LogP) is 1.73. The monoisotopic (exact) mass is 292 g/mol. The summed E-state index contributed by atoms with van der Waals surface area (Å²) in [6, 6.07) is 2.30. The minimum absolute atomic E-state index is 0.0118. The second kappa shape index (κ2) is 6.73. The van der Waals surface area contributed by atoms with Crippen LogP contribution < -0.4 is 11.1 Å². The lowest BCUT2D eigenvalue weighted by molar-refractivity contribution is -0.0318. The molecular weight excluding hydrogens is 264 g/mol. The zero-order valence-corrected chi connectivity index (χ0v) is 13.6. The average Bonchev–Trinajstić information content (AvgIpc) is 2.52. The lowest BCUT2D eigenvalue weighted by atomic mass is 9.82. The minimum Gasteiger partial charge on any atom is -0.383 e. The van der Waals surface area contributed by atoms with Crippen LogP contribution in [0.5, 0.6) is 0 Å². The number of aromatic nitrogens is 1. The number of likely N-dealkylation sites (N-methyl/N-ethyl adjacent to an activating group) is 1. The first-order valence-corrected chi connectivity index (χ1v) is 7.75. The van der Waals surface area contributed by atoms with Gasteiger partial charge in [0.1, 0.15) is 5.82 Å². The highest BCUT2D eigenvalue weighted by Crippen LogP contribution is 2.36. The molecule has 0 spiro atoms. The van der Waals surface area contributed by atoms with E-state index in [-0.39, 0.29) is 11.6 Å². The van der Waals surface area contributed by atoms with Crippen molar-refractivity contribution in [3.63, 3.8) is 0 Å². The molecule has 0 aliphatic carbocycles. The van der Waals surface area contributed by atoms with Gasteiger partial charge in [0.25, 0.3) is 0 Å². The predicted molar refractivity (Wildman–Crippen MR) is 86.3 cm³/mol. The van der Waals surface area contributed by atoms with E-state index < -0.39 is 0 Å². The van der Waals surface area contributed by atoms with Crippen LogP contribution >= 0.6 is 0 Å². The van der Waals surface area contributed by atoms with E-state index in [0.717, 1.165) is 43.9 Å². The Morgan fingerprint density at radius 3 is 2.71 bits per heavy atom. The Morgan fingerprint density at radius 1 is 1.48 bits per heavy atom. The SMILES string of the molecule is CCC(C)(C(NC)c1cc(C)cnc1N)N1CCOCC1. The lowest BCUT2D eigenvalue weighted by Gasteiger charge is -2.48. The summed E-state index contributed by atoms with van der Waals surface area (Å²) in [7, 11) is 2.00. The maximum Gasteiger partial charge on any atom is 0.128 e. The Labute approximate surface area is 127 Å². The largest absolute Gasteiger partial charge is 0.383 e. The van der Waals surface area contributed by atoms with Crippen molar-refractivity contribution in [3.05, 3.63) is 23.4 Å². The van der Waals surface area contributed by atoms with Gasteiger partial charge in [-0.1, -0.05) is 6.92 Å². The van der Waals surface area contributed by atoms with Gasteiger partial charge < -0.3 is 15.8 Å². The number of ether oxygens (including phenoxy) is 1. The van der Waals surface area contributed by atoms with Crippen LogP contribution in [0, 0.1) is 6.92 Å². The number of nitrogens with zero attached hydrogens (tertiary/aromatic N) is 2. The van der Waals surface area contributed by atoms with Crippen molar-refractivity contribution >= 4 is 5.82 Å². The first-order chi connectivity index (χ1) is 10.0. The van der Waals surface area contributed by atoms with E-state index in [1.54, 1.807) is 0 Å². The molecule has 0 amide bonds. The molecule has 2 heterocycles. The van der Waals surface area contributed by atoms with Crippen LogP contribution in [0.2, 0.25) is 0 Å². The number of nitrogens with one attached hydrogen (secondary N) is 1. The van der Waals surface area contributed by atoms with Crippen molar-refractivity contribution < 1.29 is 4.74 Å². The van der Waals surface area contributed by atoms with Crippen molar-refractivity contribution in [2.24, 2.45) is 0 Å². The number of hydrogen-bond acceptors (Lipinski definition) is 5.